The number of aliphatic hydroxyl groups excluding tert-OH is 1. The van der Waals surface area contributed by atoms with Gasteiger partial charge in [-0.05, 0) is 25.0 Å². The molecule has 2 atom stereocenters. The molecule has 3 heteroatoms. The normalized spacial score (nSPS) is 27.0. The number of ether oxygens (including phenoxy) is 1. The molecule has 2 saturated carbocycles. The van der Waals surface area contributed by atoms with E-state index in [9.17, 15) is 5.11 Å². The molecule has 2 unspecified atom stereocenters. The van der Waals surface area contributed by atoms with E-state index in [1.807, 2.05) is 36.4 Å². The van der Waals surface area contributed by atoms with E-state index in [-0.39, 0.29) is 17.6 Å². The highest BCUT2D eigenvalue weighted by Gasteiger charge is 2.57. The summed E-state index contributed by atoms with van der Waals surface area (Å²) < 4.78 is 6.31. The van der Waals surface area contributed by atoms with Crippen LogP contribution >= 0.6 is 11.6 Å². The Morgan fingerprint density at radius 2 is 1.76 bits per heavy atom. The molecule has 0 amide bonds. The Morgan fingerprint density at radius 3 is 2.48 bits per heavy atom. The molecule has 0 saturated heterocycles. The Balaban J connectivity index is 1.68. The second-order valence-electron chi connectivity index (χ2n) is 6.39. The van der Waals surface area contributed by atoms with Gasteiger partial charge in [0.25, 0.3) is 0 Å². The molecule has 2 aliphatic rings. The molecule has 0 aliphatic heterocycles. The molecule has 0 heterocycles. The van der Waals surface area contributed by atoms with Gasteiger partial charge in [-0.25, -0.2) is 0 Å². The van der Waals surface area contributed by atoms with Gasteiger partial charge < -0.3 is 9.84 Å². The van der Waals surface area contributed by atoms with Crippen LogP contribution in [0.15, 0.2) is 36.4 Å². The Kier molecular flexibility index (Phi) is 3.13. The average Bonchev–Trinajstić information content (AvgIpc) is 3.02. The van der Waals surface area contributed by atoms with Crippen molar-refractivity contribution < 1.29 is 9.84 Å². The van der Waals surface area contributed by atoms with Gasteiger partial charge in [0.1, 0.15) is 11.9 Å². The van der Waals surface area contributed by atoms with Crippen molar-refractivity contribution in [2.45, 2.75) is 44.3 Å². The summed E-state index contributed by atoms with van der Waals surface area (Å²) in [6, 6.07) is 11.9. The standard InChI is InChI=1S/C18H19ClO2/c19-14-7-8-15(13-6-2-1-5-12(13)14)21-17-11-16(20)18(17)9-3-4-10-18/h1-2,5-8,16-17,20H,3-4,9-11H2. The largest absolute Gasteiger partial charge is 0.489 e. The maximum Gasteiger partial charge on any atom is 0.127 e. The lowest BCUT2D eigenvalue weighted by atomic mass is 9.62. The summed E-state index contributed by atoms with van der Waals surface area (Å²) >= 11 is 6.26. The zero-order valence-corrected chi connectivity index (χ0v) is 12.6. The van der Waals surface area contributed by atoms with Gasteiger partial charge in [-0.2, -0.15) is 0 Å². The minimum Gasteiger partial charge on any atom is -0.489 e. The molecule has 1 N–H and O–H groups in total. The fourth-order valence-electron chi connectivity index (χ4n) is 4.07. The van der Waals surface area contributed by atoms with Crippen LogP contribution in [-0.2, 0) is 0 Å². The Morgan fingerprint density at radius 1 is 1.05 bits per heavy atom. The van der Waals surface area contributed by atoms with Gasteiger partial charge in [0.15, 0.2) is 0 Å². The molecule has 110 valence electrons. The highest BCUT2D eigenvalue weighted by molar-refractivity contribution is 6.35. The number of rotatable bonds is 2. The van der Waals surface area contributed by atoms with E-state index in [4.69, 9.17) is 16.3 Å². The quantitative estimate of drug-likeness (QED) is 0.881. The van der Waals surface area contributed by atoms with Crippen molar-refractivity contribution in [3.8, 4) is 5.75 Å². The molecule has 1 spiro atoms. The minimum absolute atomic E-state index is 0.000734. The van der Waals surface area contributed by atoms with Crippen LogP contribution in [-0.4, -0.2) is 17.3 Å². The van der Waals surface area contributed by atoms with Crippen LogP contribution in [0.2, 0.25) is 5.02 Å². The molecule has 21 heavy (non-hydrogen) atoms. The topological polar surface area (TPSA) is 29.5 Å². The van der Waals surface area contributed by atoms with E-state index in [1.165, 1.54) is 12.8 Å². The summed E-state index contributed by atoms with van der Waals surface area (Å²) in [7, 11) is 0. The van der Waals surface area contributed by atoms with Crippen LogP contribution in [0.3, 0.4) is 0 Å². The number of fused-ring (bicyclic) bond motifs is 1. The van der Waals surface area contributed by atoms with Crippen LogP contribution in [0, 0.1) is 5.41 Å². The lowest BCUT2D eigenvalue weighted by molar-refractivity contribution is -0.151. The van der Waals surface area contributed by atoms with E-state index in [0.29, 0.717) is 0 Å². The van der Waals surface area contributed by atoms with E-state index < -0.39 is 0 Å². The maximum atomic E-state index is 10.2. The third-order valence-corrected chi connectivity index (χ3v) is 5.71. The van der Waals surface area contributed by atoms with Crippen molar-refractivity contribution >= 4 is 22.4 Å². The number of hydrogen-bond donors (Lipinski definition) is 1. The Hall–Kier alpha value is -1.25. The van der Waals surface area contributed by atoms with E-state index in [1.54, 1.807) is 0 Å². The first-order valence-corrected chi connectivity index (χ1v) is 8.10. The van der Waals surface area contributed by atoms with E-state index in [0.717, 1.165) is 40.8 Å². The van der Waals surface area contributed by atoms with Gasteiger partial charge in [0.2, 0.25) is 0 Å². The third kappa shape index (κ3) is 1.96. The van der Waals surface area contributed by atoms with Crippen LogP contribution < -0.4 is 4.74 Å². The highest BCUT2D eigenvalue weighted by atomic mass is 35.5. The molecule has 2 fully saturated rings. The predicted octanol–water partition coefficient (Wildman–Crippen LogP) is 4.57. The number of hydrogen-bond acceptors (Lipinski definition) is 2. The van der Waals surface area contributed by atoms with Crippen molar-refractivity contribution in [3.05, 3.63) is 41.4 Å². The fourth-order valence-corrected chi connectivity index (χ4v) is 4.30. The van der Waals surface area contributed by atoms with Gasteiger partial charge in [0, 0.05) is 27.6 Å². The molecule has 0 aromatic heterocycles. The molecule has 2 nitrogen and oxygen atoms in total. The van der Waals surface area contributed by atoms with Crippen LogP contribution in [0.4, 0.5) is 0 Å². The average molecular weight is 303 g/mol. The summed E-state index contributed by atoms with van der Waals surface area (Å²) in [4.78, 5) is 0. The summed E-state index contributed by atoms with van der Waals surface area (Å²) in [6.07, 6.45) is 5.28. The Bertz CT molecular complexity index is 676. The van der Waals surface area contributed by atoms with Crippen molar-refractivity contribution in [2.24, 2.45) is 5.41 Å². The maximum absolute atomic E-state index is 10.2. The first kappa shape index (κ1) is 13.4. The SMILES string of the molecule is OC1CC(Oc2ccc(Cl)c3ccccc23)C12CCCC2. The highest BCUT2D eigenvalue weighted by Crippen LogP contribution is 2.55. The van der Waals surface area contributed by atoms with Crippen molar-refractivity contribution in [3.63, 3.8) is 0 Å². The van der Waals surface area contributed by atoms with Gasteiger partial charge in [-0.1, -0.05) is 48.7 Å². The Labute approximate surface area is 129 Å². The molecule has 2 aliphatic carbocycles. The third-order valence-electron chi connectivity index (χ3n) is 5.38. The lowest BCUT2D eigenvalue weighted by Gasteiger charge is -2.51. The van der Waals surface area contributed by atoms with E-state index >= 15 is 0 Å². The van der Waals surface area contributed by atoms with Gasteiger partial charge >= 0.3 is 0 Å². The predicted molar refractivity (Wildman–Crippen MR) is 84.9 cm³/mol. The zero-order valence-electron chi connectivity index (χ0n) is 11.9. The zero-order chi connectivity index (χ0) is 14.4. The number of halogens is 1. The summed E-state index contributed by atoms with van der Waals surface area (Å²) in [6.45, 7) is 0. The van der Waals surface area contributed by atoms with Gasteiger partial charge in [-0.3, -0.25) is 0 Å². The first-order valence-electron chi connectivity index (χ1n) is 7.73. The molecule has 2 aromatic rings. The molecule has 0 radical (unpaired) electrons. The van der Waals surface area contributed by atoms with Crippen LogP contribution in [0.25, 0.3) is 10.8 Å². The second-order valence-corrected chi connectivity index (χ2v) is 6.80. The van der Waals surface area contributed by atoms with Crippen molar-refractivity contribution in [2.75, 3.05) is 0 Å². The van der Waals surface area contributed by atoms with Crippen LogP contribution in [0.1, 0.15) is 32.1 Å². The number of aliphatic hydroxyl groups is 1. The first-order chi connectivity index (χ1) is 10.2. The van der Waals surface area contributed by atoms with Gasteiger partial charge in [0.05, 0.1) is 6.10 Å². The second kappa shape index (κ2) is 4.89. The number of benzene rings is 2. The fraction of sp³-hybridized carbons (Fsp3) is 0.444. The summed E-state index contributed by atoms with van der Waals surface area (Å²) in [5.41, 5.74) is 0.000734. The minimum atomic E-state index is -0.191. The molecule has 4 rings (SSSR count). The van der Waals surface area contributed by atoms with E-state index in [2.05, 4.69) is 0 Å². The molecule has 0 bridgehead atoms. The van der Waals surface area contributed by atoms with Crippen molar-refractivity contribution in [1.29, 1.82) is 0 Å². The van der Waals surface area contributed by atoms with Gasteiger partial charge in [-0.15, -0.1) is 0 Å². The van der Waals surface area contributed by atoms with Crippen LogP contribution in [0.5, 0.6) is 5.75 Å². The lowest BCUT2D eigenvalue weighted by Crippen LogP contribution is -2.58. The van der Waals surface area contributed by atoms with Crippen molar-refractivity contribution in [1.82, 2.24) is 0 Å². The summed E-state index contributed by atoms with van der Waals surface area (Å²) in [5, 5.41) is 13.0. The summed E-state index contributed by atoms with van der Waals surface area (Å²) in [5.74, 6) is 0.887. The molecular weight excluding hydrogens is 284 g/mol. The molecular formula is C18H19ClO2. The monoisotopic (exact) mass is 302 g/mol. The molecule has 2 aromatic carbocycles. The smallest absolute Gasteiger partial charge is 0.127 e.